The van der Waals surface area contributed by atoms with Crippen molar-refractivity contribution in [3.8, 4) is 0 Å². The van der Waals surface area contributed by atoms with Crippen molar-refractivity contribution in [3.05, 3.63) is 47.5 Å². The molecule has 0 saturated carbocycles. The molecule has 198 valence electrons. The van der Waals surface area contributed by atoms with Gasteiger partial charge in [0.25, 0.3) is 0 Å². The Morgan fingerprint density at radius 2 is 1.18 bits per heavy atom. The van der Waals surface area contributed by atoms with E-state index in [9.17, 15) is 39.2 Å². The minimum atomic E-state index is -5.08. The first kappa shape index (κ1) is 37.0. The average Bonchev–Trinajstić information content (AvgIpc) is 2.71. The molecule has 2 amide bonds. The fourth-order valence-corrected chi connectivity index (χ4v) is 4.89. The van der Waals surface area contributed by atoms with Crippen LogP contribution in [0, 0.1) is 0 Å². The van der Waals surface area contributed by atoms with Crippen molar-refractivity contribution in [2.45, 2.75) is 48.8 Å². The zero-order valence-corrected chi connectivity index (χ0v) is 28.1. The molecule has 2 aromatic rings. The third-order valence-electron chi connectivity index (χ3n) is 4.57. The number of carbonyl (C=O) groups is 1. The average molecular weight is 606 g/mol. The molecule has 0 unspecified atom stereocenters. The van der Waals surface area contributed by atoms with Gasteiger partial charge >= 0.3 is 65.1 Å². The number of rotatable bonds is 9. The van der Waals surface area contributed by atoms with Crippen LogP contribution in [0.2, 0.25) is 0 Å². The van der Waals surface area contributed by atoms with Crippen LogP contribution in [0.4, 0.5) is 16.2 Å². The van der Waals surface area contributed by atoms with Crippen LogP contribution in [-0.2, 0) is 30.3 Å². The first-order valence-corrected chi connectivity index (χ1v) is 14.7. The summed E-state index contributed by atoms with van der Waals surface area (Å²) in [5.41, 5.74) is -0.457. The third-order valence-corrected chi connectivity index (χ3v) is 8.11. The molecular weight excluding hydrogens is 580 g/mol. The number of urea groups is 1. The molecule has 0 radical (unpaired) electrons. The molecule has 0 aliphatic rings. The molecule has 17 heteroatoms. The van der Waals surface area contributed by atoms with Crippen molar-refractivity contribution in [1.82, 2.24) is 5.32 Å². The molecule has 38 heavy (non-hydrogen) atoms. The predicted molar refractivity (Wildman–Crippen MR) is 133 cm³/mol. The molecular formula is C21H25N3Na2O9S3. The maximum atomic E-state index is 12.1. The van der Waals surface area contributed by atoms with Gasteiger partial charge in [-0.2, -0.15) is 0 Å². The number of nitrogens with one attached hydrogen (secondary N) is 3. The van der Waals surface area contributed by atoms with Gasteiger partial charge in [0.1, 0.15) is 20.2 Å². The number of hydrogen-bond donors (Lipinski definition) is 3. The summed E-state index contributed by atoms with van der Waals surface area (Å²) in [6.45, 7) is 6.24. The molecule has 0 aliphatic carbocycles. The molecule has 0 bridgehead atoms. The number of carbonyl (C=O) groups excluding carboxylic acids is 1. The van der Waals surface area contributed by atoms with E-state index in [0.717, 1.165) is 30.4 Å². The van der Waals surface area contributed by atoms with Crippen LogP contribution in [0.3, 0.4) is 0 Å². The minimum absolute atomic E-state index is 0. The molecule has 2 aromatic carbocycles. The summed E-state index contributed by atoms with van der Waals surface area (Å²) in [6.07, 6.45) is 2.19. The van der Waals surface area contributed by atoms with Crippen LogP contribution >= 0.6 is 0 Å². The quantitative estimate of drug-likeness (QED) is 0.146. The molecule has 3 N–H and O–H groups in total. The Balaban J connectivity index is 0.00000684. The zero-order valence-electron chi connectivity index (χ0n) is 21.7. The van der Waals surface area contributed by atoms with Gasteiger partial charge in [-0.15, -0.1) is 0 Å². The zero-order chi connectivity index (χ0) is 27.5. The van der Waals surface area contributed by atoms with Crippen molar-refractivity contribution in [1.29, 1.82) is 0 Å². The molecule has 0 aliphatic heterocycles. The number of anilines is 2. The van der Waals surface area contributed by atoms with Gasteiger partial charge in [0, 0.05) is 17.4 Å². The monoisotopic (exact) mass is 605 g/mol. The molecule has 0 fully saturated rings. The topological polar surface area (TPSA) is 202 Å². The number of hydrogen-bond acceptors (Lipinski definition) is 9. The first-order valence-electron chi connectivity index (χ1n) is 10.4. The normalized spacial score (nSPS) is 12.1. The van der Waals surface area contributed by atoms with Crippen molar-refractivity contribution in [3.63, 3.8) is 0 Å². The maximum absolute atomic E-state index is 12.1. The first-order chi connectivity index (χ1) is 16.4. The maximum Gasteiger partial charge on any atom is 1.00 e. The van der Waals surface area contributed by atoms with Gasteiger partial charge < -0.3 is 19.7 Å². The van der Waals surface area contributed by atoms with Gasteiger partial charge in [-0.25, -0.2) is 30.0 Å². The number of amides is 2. The standard InChI is InChI=1S/C21H27N3O9S3.2Na/c1-13(2)22-21(25)23-17-9-7-15(19(11-17)35(28,29)30)5-6-16-8-10-18(12-20(16)36(31,32)33)24-34(26,27)14(3)4;;/h5-14,24H,1-4H3,(H2,22,23,25)(H,28,29,30)(H,31,32,33);;/q;2*+1/p-2/b6-5+;;. The van der Waals surface area contributed by atoms with E-state index in [1.807, 2.05) is 0 Å². The van der Waals surface area contributed by atoms with Gasteiger partial charge in [-0.3, -0.25) is 4.72 Å². The van der Waals surface area contributed by atoms with Crippen LogP contribution < -0.4 is 74.5 Å². The van der Waals surface area contributed by atoms with E-state index in [1.54, 1.807) is 13.8 Å². The largest absolute Gasteiger partial charge is 1.00 e. The van der Waals surface area contributed by atoms with Gasteiger partial charge in [-0.1, -0.05) is 24.3 Å². The molecule has 0 aromatic heterocycles. The van der Waals surface area contributed by atoms with E-state index in [2.05, 4.69) is 15.4 Å². The van der Waals surface area contributed by atoms with Crippen LogP contribution in [0.25, 0.3) is 12.2 Å². The van der Waals surface area contributed by atoms with Gasteiger partial charge in [0.15, 0.2) is 0 Å². The number of benzene rings is 2. The third kappa shape index (κ3) is 10.9. The molecule has 0 heterocycles. The summed E-state index contributed by atoms with van der Waals surface area (Å²) < 4.78 is 97.2. The van der Waals surface area contributed by atoms with Crippen molar-refractivity contribution in [2.24, 2.45) is 0 Å². The van der Waals surface area contributed by atoms with E-state index in [0.29, 0.717) is 0 Å². The Morgan fingerprint density at radius 1 is 0.763 bits per heavy atom. The van der Waals surface area contributed by atoms with Gasteiger partial charge in [-0.05, 0) is 63.1 Å². The summed E-state index contributed by atoms with van der Waals surface area (Å²) in [5, 5.41) is 4.10. The Labute approximate surface area is 267 Å². The van der Waals surface area contributed by atoms with E-state index in [1.165, 1.54) is 32.0 Å². The summed E-state index contributed by atoms with van der Waals surface area (Å²) in [4.78, 5) is 10.4. The van der Waals surface area contributed by atoms with Crippen molar-refractivity contribution in [2.75, 3.05) is 10.0 Å². The Kier molecular flexibility index (Phi) is 14.2. The second kappa shape index (κ2) is 14.6. The van der Waals surface area contributed by atoms with Crippen molar-refractivity contribution >= 4 is 59.8 Å². The summed E-state index contributed by atoms with van der Waals surface area (Å²) in [5.74, 6) is 0. The second-order valence-corrected chi connectivity index (χ2v) is 13.1. The van der Waals surface area contributed by atoms with Crippen LogP contribution in [0.15, 0.2) is 46.2 Å². The van der Waals surface area contributed by atoms with Crippen LogP contribution in [0.5, 0.6) is 0 Å². The molecule has 0 atom stereocenters. The smallest absolute Gasteiger partial charge is 0.744 e. The molecule has 2 rings (SSSR count). The number of sulfonamides is 1. The Hall–Kier alpha value is -0.980. The van der Waals surface area contributed by atoms with Crippen molar-refractivity contribution < 1.29 is 98.3 Å². The minimum Gasteiger partial charge on any atom is -0.744 e. The Bertz CT molecular complexity index is 1510. The summed E-state index contributed by atoms with van der Waals surface area (Å²) in [6, 6.07) is 5.86. The SMILES string of the molecule is CC(C)NC(=O)Nc1ccc(/C=C/c2ccc(NS(=O)(=O)C(C)C)cc2S(=O)(=O)[O-])c(S(=O)(=O)[O-])c1.[Na+].[Na+]. The summed E-state index contributed by atoms with van der Waals surface area (Å²) in [7, 11) is -13.9. The Morgan fingerprint density at radius 3 is 1.58 bits per heavy atom. The van der Waals surface area contributed by atoms with Crippen LogP contribution in [0.1, 0.15) is 38.8 Å². The van der Waals surface area contributed by atoms with Gasteiger partial charge in [0.05, 0.1) is 15.0 Å². The predicted octanol–water partition coefficient (Wildman–Crippen LogP) is -3.65. The molecule has 0 spiro atoms. The fourth-order valence-electron chi connectivity index (χ4n) is 2.81. The molecule has 12 nitrogen and oxygen atoms in total. The fraction of sp³-hybridized carbons (Fsp3) is 0.286. The second-order valence-electron chi connectivity index (χ2n) is 8.20. The van der Waals surface area contributed by atoms with E-state index < -0.39 is 51.3 Å². The summed E-state index contributed by atoms with van der Waals surface area (Å²) >= 11 is 0. The van der Waals surface area contributed by atoms with E-state index in [-0.39, 0.29) is 87.7 Å². The van der Waals surface area contributed by atoms with E-state index in [4.69, 9.17) is 0 Å². The van der Waals surface area contributed by atoms with Gasteiger partial charge in [0.2, 0.25) is 10.0 Å². The van der Waals surface area contributed by atoms with E-state index >= 15 is 0 Å². The molecule has 0 saturated heterocycles. The van der Waals surface area contributed by atoms with Crippen LogP contribution in [-0.4, -0.2) is 51.7 Å².